The van der Waals surface area contributed by atoms with Gasteiger partial charge < -0.3 is 9.47 Å². The van der Waals surface area contributed by atoms with E-state index in [1.807, 2.05) is 0 Å². The van der Waals surface area contributed by atoms with E-state index in [0.29, 0.717) is 0 Å². The molecule has 0 fully saturated rings. The van der Waals surface area contributed by atoms with Crippen molar-refractivity contribution in [3.8, 4) is 0 Å². The Morgan fingerprint density at radius 1 is 0.731 bits per heavy atom. The lowest BCUT2D eigenvalue weighted by Crippen LogP contribution is -2.40. The number of ether oxygens (including phenoxy) is 2. The minimum absolute atomic E-state index is 0.0385. The van der Waals surface area contributed by atoms with Gasteiger partial charge >= 0.3 is 18.1 Å². The number of alkyl halides is 3. The van der Waals surface area contributed by atoms with Gasteiger partial charge in [0.05, 0.1) is 25.3 Å². The minimum Gasteiger partial charge on any atom is -0.465 e. The van der Waals surface area contributed by atoms with E-state index in [0.717, 1.165) is 6.92 Å². The van der Waals surface area contributed by atoms with E-state index >= 15 is 0 Å². The van der Waals surface area contributed by atoms with Gasteiger partial charge in [-0.05, 0) is 42.3 Å². The van der Waals surface area contributed by atoms with Crippen LogP contribution in [0.1, 0.15) is 38.8 Å². The summed E-state index contributed by atoms with van der Waals surface area (Å²) in [4.78, 5) is 23.0. The van der Waals surface area contributed by atoms with Gasteiger partial charge in [-0.2, -0.15) is 13.2 Å². The van der Waals surface area contributed by atoms with Crippen LogP contribution in [0.25, 0.3) is 0 Å². The maximum atomic E-state index is 13.9. The summed E-state index contributed by atoms with van der Waals surface area (Å²) in [6, 6.07) is 10.1. The molecule has 4 nitrogen and oxygen atoms in total. The van der Waals surface area contributed by atoms with Crippen LogP contribution in [0.2, 0.25) is 0 Å². The van der Waals surface area contributed by atoms with Crippen molar-refractivity contribution < 1.29 is 32.2 Å². The smallest absolute Gasteiger partial charge is 0.402 e. The summed E-state index contributed by atoms with van der Waals surface area (Å²) in [7, 11) is 2.39. The van der Waals surface area contributed by atoms with Crippen molar-refractivity contribution in [2.75, 3.05) is 14.2 Å². The molecule has 2 aromatic rings. The van der Waals surface area contributed by atoms with Crippen molar-refractivity contribution in [2.45, 2.75) is 18.5 Å². The molecule has 0 aliphatic carbocycles. The maximum absolute atomic E-state index is 13.9. The fourth-order valence-corrected chi connectivity index (χ4v) is 2.61. The third-order valence-corrected chi connectivity index (χ3v) is 4.33. The molecule has 0 unspecified atom stereocenters. The van der Waals surface area contributed by atoms with Crippen molar-refractivity contribution in [1.29, 1.82) is 0 Å². The molecule has 26 heavy (non-hydrogen) atoms. The second-order valence-corrected chi connectivity index (χ2v) is 5.76. The lowest BCUT2D eigenvalue weighted by molar-refractivity contribution is -0.173. The highest BCUT2D eigenvalue weighted by atomic mass is 19.4. The first-order chi connectivity index (χ1) is 12.1. The summed E-state index contributed by atoms with van der Waals surface area (Å²) in [5, 5.41) is 0. The molecule has 0 aliphatic heterocycles. The number of halogens is 3. The zero-order chi connectivity index (χ0) is 19.5. The van der Waals surface area contributed by atoms with Gasteiger partial charge in [0.1, 0.15) is 5.41 Å². The summed E-state index contributed by atoms with van der Waals surface area (Å²) < 4.78 is 50.9. The van der Waals surface area contributed by atoms with Gasteiger partial charge in [-0.15, -0.1) is 0 Å². The van der Waals surface area contributed by atoms with Crippen LogP contribution in [0.4, 0.5) is 13.2 Å². The molecule has 0 heterocycles. The second-order valence-electron chi connectivity index (χ2n) is 5.76. The van der Waals surface area contributed by atoms with Gasteiger partial charge in [0.15, 0.2) is 0 Å². The zero-order valence-electron chi connectivity index (χ0n) is 14.4. The Labute approximate surface area is 148 Å². The predicted octanol–water partition coefficient (Wildman–Crippen LogP) is 4.13. The van der Waals surface area contributed by atoms with Crippen LogP contribution in [0.15, 0.2) is 48.5 Å². The fourth-order valence-electron chi connectivity index (χ4n) is 2.61. The molecule has 138 valence electrons. The van der Waals surface area contributed by atoms with E-state index in [4.69, 9.17) is 0 Å². The van der Waals surface area contributed by atoms with Crippen LogP contribution in [-0.4, -0.2) is 32.3 Å². The Balaban J connectivity index is 2.52. The van der Waals surface area contributed by atoms with Gasteiger partial charge in [-0.25, -0.2) is 9.59 Å². The maximum Gasteiger partial charge on any atom is 0.402 e. The van der Waals surface area contributed by atoms with E-state index < -0.39 is 23.5 Å². The summed E-state index contributed by atoms with van der Waals surface area (Å²) in [5.74, 6) is -1.26. The average molecular weight is 366 g/mol. The van der Waals surface area contributed by atoms with E-state index in [1.54, 1.807) is 0 Å². The molecule has 0 aliphatic rings. The van der Waals surface area contributed by atoms with Crippen LogP contribution < -0.4 is 0 Å². The van der Waals surface area contributed by atoms with Gasteiger partial charge in [0.25, 0.3) is 0 Å². The summed E-state index contributed by atoms with van der Waals surface area (Å²) in [5.41, 5.74) is -2.09. The van der Waals surface area contributed by atoms with E-state index in [1.165, 1.54) is 62.8 Å². The zero-order valence-corrected chi connectivity index (χ0v) is 14.4. The Morgan fingerprint density at radius 3 is 1.27 bits per heavy atom. The van der Waals surface area contributed by atoms with Crippen molar-refractivity contribution in [1.82, 2.24) is 0 Å². The number of carbonyl (C=O) groups excluding carboxylic acids is 2. The normalized spacial score (nSPS) is 11.8. The highest BCUT2D eigenvalue weighted by Crippen LogP contribution is 2.46. The molecule has 2 rings (SSSR count). The Morgan fingerprint density at radius 2 is 1.04 bits per heavy atom. The summed E-state index contributed by atoms with van der Waals surface area (Å²) in [6.07, 6.45) is -4.60. The fraction of sp³-hybridized carbons (Fsp3) is 0.263. The molecular formula is C19H17F3O4. The molecule has 0 amide bonds. The van der Waals surface area contributed by atoms with Crippen LogP contribution in [-0.2, 0) is 14.9 Å². The topological polar surface area (TPSA) is 52.6 Å². The lowest BCUT2D eigenvalue weighted by atomic mass is 9.75. The number of hydrogen-bond acceptors (Lipinski definition) is 4. The highest BCUT2D eigenvalue weighted by molar-refractivity contribution is 5.90. The molecule has 0 spiro atoms. The van der Waals surface area contributed by atoms with Gasteiger partial charge in [0.2, 0.25) is 0 Å². The first-order valence-electron chi connectivity index (χ1n) is 7.59. The molecule has 0 N–H and O–H groups in total. The third kappa shape index (κ3) is 3.42. The number of hydrogen-bond donors (Lipinski definition) is 0. The molecule has 0 saturated carbocycles. The Hall–Kier alpha value is -2.83. The highest BCUT2D eigenvalue weighted by Gasteiger charge is 2.53. The third-order valence-electron chi connectivity index (χ3n) is 4.33. The molecule has 7 heteroatoms. The molecular weight excluding hydrogens is 349 g/mol. The van der Waals surface area contributed by atoms with E-state index in [9.17, 15) is 22.8 Å². The molecule has 0 saturated heterocycles. The molecule has 0 radical (unpaired) electrons. The number of benzene rings is 2. The number of carbonyl (C=O) groups is 2. The lowest BCUT2D eigenvalue weighted by Gasteiger charge is -2.33. The number of methoxy groups -OCH3 is 2. The number of rotatable bonds is 4. The van der Waals surface area contributed by atoms with Gasteiger partial charge in [0, 0.05) is 0 Å². The van der Waals surface area contributed by atoms with Gasteiger partial charge in [-0.1, -0.05) is 24.3 Å². The van der Waals surface area contributed by atoms with Crippen LogP contribution in [0, 0.1) is 0 Å². The van der Waals surface area contributed by atoms with Crippen molar-refractivity contribution in [3.05, 3.63) is 70.8 Å². The molecule has 0 aromatic heterocycles. The second kappa shape index (κ2) is 7.19. The molecule has 2 aromatic carbocycles. The summed E-state index contributed by atoms with van der Waals surface area (Å²) >= 11 is 0. The SMILES string of the molecule is COC(=O)c1ccc(C(C)(c2ccc(C(=O)OC)cc2)C(F)(F)F)cc1. The Bertz CT molecular complexity index is 734. The standard InChI is InChI=1S/C19H17F3O4/c1-18(19(20,21)22,14-8-4-12(5-9-14)16(23)25-2)15-10-6-13(7-11-15)17(24)26-3/h4-11H,1-3H3. The first kappa shape index (κ1) is 19.5. The van der Waals surface area contributed by atoms with Crippen molar-refractivity contribution >= 4 is 11.9 Å². The molecule has 0 atom stereocenters. The largest absolute Gasteiger partial charge is 0.465 e. The monoisotopic (exact) mass is 366 g/mol. The van der Waals surface area contributed by atoms with Crippen molar-refractivity contribution in [2.24, 2.45) is 0 Å². The van der Waals surface area contributed by atoms with Crippen LogP contribution in [0.5, 0.6) is 0 Å². The van der Waals surface area contributed by atoms with E-state index in [-0.39, 0.29) is 22.3 Å². The Kier molecular flexibility index (Phi) is 5.39. The van der Waals surface area contributed by atoms with Crippen molar-refractivity contribution in [3.63, 3.8) is 0 Å². The summed E-state index contributed by atoms with van der Waals surface area (Å²) in [6.45, 7) is 1.05. The van der Waals surface area contributed by atoms with E-state index in [2.05, 4.69) is 9.47 Å². The van der Waals surface area contributed by atoms with Crippen LogP contribution >= 0.6 is 0 Å². The quantitative estimate of drug-likeness (QED) is 0.764. The first-order valence-corrected chi connectivity index (χ1v) is 7.59. The number of esters is 2. The minimum atomic E-state index is -4.60. The molecule has 0 bridgehead atoms. The van der Waals surface area contributed by atoms with Gasteiger partial charge in [-0.3, -0.25) is 0 Å². The predicted molar refractivity (Wildman–Crippen MR) is 88.1 cm³/mol. The van der Waals surface area contributed by atoms with Crippen LogP contribution in [0.3, 0.4) is 0 Å². The average Bonchev–Trinajstić information content (AvgIpc) is 2.65.